The standard InChI is InChI=1S/C21H26O3/c1-14(2)19(22)17-9-5-15(6-10-17)13-16-7-11-18(12-8-16)20(23)21(3,4)24/h5-12,14,19,22,24H,13H2,1-4H3. The largest absolute Gasteiger partial charge is 0.388 e. The van der Waals surface area contributed by atoms with Gasteiger partial charge in [0, 0.05) is 5.56 Å². The van der Waals surface area contributed by atoms with E-state index >= 15 is 0 Å². The maximum atomic E-state index is 12.0. The quantitative estimate of drug-likeness (QED) is 0.791. The molecule has 24 heavy (non-hydrogen) atoms. The first-order valence-electron chi connectivity index (χ1n) is 8.31. The zero-order chi connectivity index (χ0) is 17.9. The summed E-state index contributed by atoms with van der Waals surface area (Å²) in [6, 6.07) is 15.3. The Labute approximate surface area is 144 Å². The Balaban J connectivity index is 2.08. The van der Waals surface area contributed by atoms with Crippen molar-refractivity contribution >= 4 is 5.78 Å². The van der Waals surface area contributed by atoms with E-state index in [0.717, 1.165) is 23.1 Å². The van der Waals surface area contributed by atoms with Crippen LogP contribution in [-0.2, 0) is 6.42 Å². The first-order valence-corrected chi connectivity index (χ1v) is 8.31. The molecule has 2 aromatic carbocycles. The van der Waals surface area contributed by atoms with Crippen molar-refractivity contribution in [2.75, 3.05) is 0 Å². The van der Waals surface area contributed by atoms with Crippen LogP contribution in [0.5, 0.6) is 0 Å². The van der Waals surface area contributed by atoms with Gasteiger partial charge in [-0.15, -0.1) is 0 Å². The molecule has 0 aliphatic heterocycles. The second kappa shape index (κ2) is 7.29. The number of carbonyl (C=O) groups is 1. The maximum absolute atomic E-state index is 12.0. The Kier molecular flexibility index (Phi) is 5.58. The van der Waals surface area contributed by atoms with E-state index in [9.17, 15) is 15.0 Å². The number of Topliss-reactive ketones (excluding diaryl/α,β-unsaturated/α-hetero) is 1. The van der Waals surface area contributed by atoms with E-state index in [2.05, 4.69) is 0 Å². The first kappa shape index (κ1) is 18.4. The van der Waals surface area contributed by atoms with Crippen molar-refractivity contribution in [3.8, 4) is 0 Å². The highest BCUT2D eigenvalue weighted by Crippen LogP contribution is 2.22. The van der Waals surface area contributed by atoms with E-state index < -0.39 is 11.7 Å². The van der Waals surface area contributed by atoms with Crippen LogP contribution < -0.4 is 0 Å². The van der Waals surface area contributed by atoms with Gasteiger partial charge in [0.05, 0.1) is 6.10 Å². The summed E-state index contributed by atoms with van der Waals surface area (Å²) in [6.07, 6.45) is 0.320. The Morgan fingerprint density at radius 1 is 0.958 bits per heavy atom. The highest BCUT2D eigenvalue weighted by atomic mass is 16.3. The lowest BCUT2D eigenvalue weighted by Gasteiger charge is -2.16. The molecule has 0 saturated heterocycles. The van der Waals surface area contributed by atoms with Crippen molar-refractivity contribution in [1.29, 1.82) is 0 Å². The third-order valence-electron chi connectivity index (χ3n) is 4.13. The summed E-state index contributed by atoms with van der Waals surface area (Å²) < 4.78 is 0. The number of aliphatic hydroxyl groups excluding tert-OH is 1. The first-order chi connectivity index (χ1) is 11.2. The Bertz CT molecular complexity index is 677. The minimum atomic E-state index is -1.35. The highest BCUT2D eigenvalue weighted by Gasteiger charge is 2.24. The Hall–Kier alpha value is -1.97. The predicted octanol–water partition coefficient (Wildman–Crippen LogP) is 3.92. The van der Waals surface area contributed by atoms with Crippen molar-refractivity contribution < 1.29 is 15.0 Å². The summed E-state index contributed by atoms with van der Waals surface area (Å²) in [7, 11) is 0. The van der Waals surface area contributed by atoms with Gasteiger partial charge in [-0.25, -0.2) is 0 Å². The SMILES string of the molecule is CC(C)C(O)c1ccc(Cc2ccc(C(=O)C(C)(C)O)cc2)cc1. The molecule has 0 aromatic heterocycles. The smallest absolute Gasteiger partial charge is 0.193 e. The molecule has 1 unspecified atom stereocenters. The van der Waals surface area contributed by atoms with Crippen LogP contribution in [0.2, 0.25) is 0 Å². The summed E-state index contributed by atoms with van der Waals surface area (Å²) >= 11 is 0. The molecule has 0 bridgehead atoms. The molecule has 0 fully saturated rings. The van der Waals surface area contributed by atoms with E-state index in [1.165, 1.54) is 13.8 Å². The van der Waals surface area contributed by atoms with Crippen molar-refractivity contribution in [1.82, 2.24) is 0 Å². The summed E-state index contributed by atoms with van der Waals surface area (Å²) in [5, 5.41) is 19.9. The molecule has 2 rings (SSSR count). The monoisotopic (exact) mass is 326 g/mol. The van der Waals surface area contributed by atoms with Crippen LogP contribution in [0.4, 0.5) is 0 Å². The van der Waals surface area contributed by atoms with Gasteiger partial charge in [0.2, 0.25) is 0 Å². The predicted molar refractivity (Wildman–Crippen MR) is 96.1 cm³/mol. The van der Waals surface area contributed by atoms with E-state index in [-0.39, 0.29) is 11.7 Å². The van der Waals surface area contributed by atoms with Crippen LogP contribution >= 0.6 is 0 Å². The molecule has 0 spiro atoms. The number of hydrogen-bond acceptors (Lipinski definition) is 3. The van der Waals surface area contributed by atoms with Gasteiger partial charge >= 0.3 is 0 Å². The number of rotatable bonds is 6. The summed E-state index contributed by atoms with van der Waals surface area (Å²) in [4.78, 5) is 12.0. The van der Waals surface area contributed by atoms with Gasteiger partial charge < -0.3 is 10.2 Å². The lowest BCUT2D eigenvalue weighted by atomic mass is 9.94. The van der Waals surface area contributed by atoms with Gasteiger partial charge in [-0.2, -0.15) is 0 Å². The van der Waals surface area contributed by atoms with E-state index in [1.54, 1.807) is 12.1 Å². The van der Waals surface area contributed by atoms with E-state index in [1.807, 2.05) is 50.2 Å². The number of aliphatic hydroxyl groups is 2. The van der Waals surface area contributed by atoms with Crippen LogP contribution in [0.25, 0.3) is 0 Å². The van der Waals surface area contributed by atoms with Gasteiger partial charge in [-0.3, -0.25) is 4.79 Å². The molecule has 3 heteroatoms. The number of hydrogen-bond donors (Lipinski definition) is 2. The molecule has 0 aliphatic carbocycles. The van der Waals surface area contributed by atoms with Gasteiger partial charge in [0.1, 0.15) is 5.60 Å². The lowest BCUT2D eigenvalue weighted by molar-refractivity contribution is 0.0488. The van der Waals surface area contributed by atoms with Crippen molar-refractivity contribution in [3.63, 3.8) is 0 Å². The number of benzene rings is 2. The minimum Gasteiger partial charge on any atom is -0.388 e. The molecule has 0 heterocycles. The number of carbonyl (C=O) groups excluding carboxylic acids is 1. The fourth-order valence-corrected chi connectivity index (χ4v) is 2.58. The van der Waals surface area contributed by atoms with Gasteiger partial charge in [-0.05, 0) is 42.9 Å². The van der Waals surface area contributed by atoms with Crippen LogP contribution in [0.3, 0.4) is 0 Å². The fraction of sp³-hybridized carbons (Fsp3) is 0.381. The zero-order valence-corrected chi connectivity index (χ0v) is 14.8. The Morgan fingerprint density at radius 2 is 1.42 bits per heavy atom. The topological polar surface area (TPSA) is 57.5 Å². The van der Waals surface area contributed by atoms with Crippen molar-refractivity contribution in [2.24, 2.45) is 5.92 Å². The van der Waals surface area contributed by atoms with Gasteiger partial charge in [0.15, 0.2) is 5.78 Å². The molecule has 0 aliphatic rings. The van der Waals surface area contributed by atoms with Crippen molar-refractivity contribution in [2.45, 2.75) is 45.8 Å². The average Bonchev–Trinajstić information content (AvgIpc) is 2.54. The van der Waals surface area contributed by atoms with Crippen LogP contribution in [-0.4, -0.2) is 21.6 Å². The second-order valence-electron chi connectivity index (χ2n) is 7.19. The summed E-state index contributed by atoms with van der Waals surface area (Å²) in [6.45, 7) is 6.98. The molecular formula is C21H26O3. The minimum absolute atomic E-state index is 0.191. The molecule has 3 nitrogen and oxygen atoms in total. The van der Waals surface area contributed by atoms with Gasteiger partial charge in [0.25, 0.3) is 0 Å². The highest BCUT2D eigenvalue weighted by molar-refractivity contribution is 6.01. The normalized spacial score (nSPS) is 13.1. The second-order valence-corrected chi connectivity index (χ2v) is 7.19. The zero-order valence-electron chi connectivity index (χ0n) is 14.8. The molecule has 0 radical (unpaired) electrons. The molecule has 2 N–H and O–H groups in total. The van der Waals surface area contributed by atoms with Crippen LogP contribution in [0.15, 0.2) is 48.5 Å². The van der Waals surface area contributed by atoms with E-state index in [4.69, 9.17) is 0 Å². The third kappa shape index (κ3) is 4.53. The third-order valence-corrected chi connectivity index (χ3v) is 4.13. The molecular weight excluding hydrogens is 300 g/mol. The van der Waals surface area contributed by atoms with Crippen molar-refractivity contribution in [3.05, 3.63) is 70.8 Å². The van der Waals surface area contributed by atoms with E-state index in [0.29, 0.717) is 5.56 Å². The fourth-order valence-electron chi connectivity index (χ4n) is 2.58. The molecule has 1 atom stereocenters. The van der Waals surface area contributed by atoms with Crippen LogP contribution in [0.1, 0.15) is 60.8 Å². The Morgan fingerprint density at radius 3 is 1.83 bits per heavy atom. The maximum Gasteiger partial charge on any atom is 0.193 e. The van der Waals surface area contributed by atoms with Crippen LogP contribution in [0, 0.1) is 5.92 Å². The molecule has 2 aromatic rings. The lowest BCUT2D eigenvalue weighted by Crippen LogP contribution is -2.31. The molecule has 128 valence electrons. The molecule has 0 amide bonds. The summed E-state index contributed by atoms with van der Waals surface area (Å²) in [5.74, 6) is -0.0854. The summed E-state index contributed by atoms with van der Waals surface area (Å²) in [5.41, 5.74) is 2.34. The van der Waals surface area contributed by atoms with Gasteiger partial charge in [-0.1, -0.05) is 62.4 Å². The number of ketones is 1. The molecule has 0 saturated carbocycles. The average molecular weight is 326 g/mol.